The van der Waals surface area contributed by atoms with Crippen LogP contribution in [0.4, 0.5) is 0 Å². The highest BCUT2D eigenvalue weighted by atomic mass is 14.9. The number of hydrogen-bond donors (Lipinski definition) is 0. The topological polar surface area (TPSA) is 3.88 Å². The molecule has 0 spiro atoms. The fraction of sp³-hybridized carbons (Fsp3) is 0.815. The Morgan fingerprint density at radius 2 is 1.04 bits per heavy atom. The van der Waals surface area contributed by atoms with E-state index in [-0.39, 0.29) is 0 Å². The summed E-state index contributed by atoms with van der Waals surface area (Å²) < 4.78 is 2.42. The van der Waals surface area contributed by atoms with Gasteiger partial charge in [0, 0.05) is 18.1 Å². The average Bonchev–Trinajstić information content (AvgIpc) is 2.72. The highest BCUT2D eigenvalue weighted by Gasteiger charge is 2.03. The molecule has 0 bridgehead atoms. The van der Waals surface area contributed by atoms with Crippen molar-refractivity contribution in [3.8, 4) is 0 Å². The lowest BCUT2D eigenvalue weighted by Gasteiger charge is -2.03. The monoisotopic (exact) mass is 388 g/mol. The SMILES string of the molecule is CCCCCCCCCCCCCC[n+]1cccc(CCCCCCCC)c1. The summed E-state index contributed by atoms with van der Waals surface area (Å²) in [6.45, 7) is 5.78. The summed E-state index contributed by atoms with van der Waals surface area (Å²) in [5.74, 6) is 0. The Kier molecular flexibility index (Phi) is 17.5. The Hall–Kier alpha value is -0.850. The van der Waals surface area contributed by atoms with Crippen LogP contribution >= 0.6 is 0 Å². The van der Waals surface area contributed by atoms with Crippen molar-refractivity contribution < 1.29 is 4.57 Å². The molecule has 0 N–H and O–H groups in total. The predicted molar refractivity (Wildman–Crippen MR) is 125 cm³/mol. The molecule has 1 heteroatoms. The maximum atomic E-state index is 2.42. The van der Waals surface area contributed by atoms with Gasteiger partial charge in [-0.15, -0.1) is 0 Å². The molecule has 1 heterocycles. The van der Waals surface area contributed by atoms with Gasteiger partial charge in [-0.3, -0.25) is 0 Å². The van der Waals surface area contributed by atoms with Gasteiger partial charge < -0.3 is 0 Å². The number of nitrogens with zero attached hydrogens (tertiary/aromatic N) is 1. The molecule has 0 amide bonds. The van der Waals surface area contributed by atoms with E-state index in [1.165, 1.54) is 134 Å². The summed E-state index contributed by atoms with van der Waals surface area (Å²) >= 11 is 0. The number of unbranched alkanes of at least 4 members (excludes halogenated alkanes) is 16. The first-order chi connectivity index (χ1) is 13.9. The van der Waals surface area contributed by atoms with Crippen LogP contribution in [-0.2, 0) is 13.0 Å². The number of rotatable bonds is 20. The van der Waals surface area contributed by atoms with Gasteiger partial charge in [0.05, 0.1) is 0 Å². The molecule has 0 aromatic carbocycles. The normalized spacial score (nSPS) is 11.2. The highest BCUT2D eigenvalue weighted by molar-refractivity contribution is 5.05. The van der Waals surface area contributed by atoms with Gasteiger partial charge in [-0.2, -0.15) is 0 Å². The van der Waals surface area contributed by atoms with Crippen LogP contribution in [0.25, 0.3) is 0 Å². The summed E-state index contributed by atoms with van der Waals surface area (Å²) in [5, 5.41) is 0. The van der Waals surface area contributed by atoms with Crippen LogP contribution in [0.2, 0.25) is 0 Å². The maximum absolute atomic E-state index is 2.42. The van der Waals surface area contributed by atoms with Crippen LogP contribution in [0, 0.1) is 0 Å². The van der Waals surface area contributed by atoms with Crippen molar-refractivity contribution in [2.24, 2.45) is 0 Å². The molecule has 0 fully saturated rings. The Morgan fingerprint density at radius 1 is 0.571 bits per heavy atom. The molecule has 1 aromatic rings. The van der Waals surface area contributed by atoms with E-state index in [1.54, 1.807) is 0 Å². The van der Waals surface area contributed by atoms with E-state index in [2.05, 4.69) is 42.9 Å². The maximum Gasteiger partial charge on any atom is 0.171 e. The van der Waals surface area contributed by atoms with Gasteiger partial charge in [-0.25, -0.2) is 4.57 Å². The van der Waals surface area contributed by atoms with E-state index in [1.807, 2.05) is 0 Å². The smallest absolute Gasteiger partial charge is 0.171 e. The molecule has 162 valence electrons. The first-order valence-corrected chi connectivity index (χ1v) is 12.8. The van der Waals surface area contributed by atoms with Gasteiger partial charge in [0.15, 0.2) is 12.4 Å². The molecule has 1 rings (SSSR count). The summed E-state index contributed by atoms with van der Waals surface area (Å²) in [4.78, 5) is 0. The zero-order chi connectivity index (χ0) is 20.1. The third-order valence-corrected chi connectivity index (χ3v) is 6.01. The van der Waals surface area contributed by atoms with Crippen molar-refractivity contribution in [3.63, 3.8) is 0 Å². The molecule has 28 heavy (non-hydrogen) atoms. The number of hydrogen-bond acceptors (Lipinski definition) is 0. The third kappa shape index (κ3) is 15.1. The number of aromatic nitrogens is 1. The van der Waals surface area contributed by atoms with E-state index in [0.717, 1.165) is 0 Å². The Balaban J connectivity index is 1.96. The minimum absolute atomic E-state index is 1.20. The molecule has 0 unspecified atom stereocenters. The van der Waals surface area contributed by atoms with Gasteiger partial charge in [0.25, 0.3) is 0 Å². The zero-order valence-electron chi connectivity index (χ0n) is 19.4. The van der Waals surface area contributed by atoms with Gasteiger partial charge in [-0.05, 0) is 25.3 Å². The first kappa shape index (κ1) is 25.2. The molecular formula is C27H50N+. The lowest BCUT2D eigenvalue weighted by Crippen LogP contribution is -2.33. The second kappa shape index (κ2) is 19.5. The third-order valence-electron chi connectivity index (χ3n) is 6.01. The molecular weight excluding hydrogens is 338 g/mol. The molecule has 0 radical (unpaired) electrons. The fourth-order valence-corrected chi connectivity index (χ4v) is 4.11. The van der Waals surface area contributed by atoms with E-state index in [4.69, 9.17) is 0 Å². The molecule has 1 nitrogen and oxygen atoms in total. The van der Waals surface area contributed by atoms with Crippen molar-refractivity contribution in [3.05, 3.63) is 30.1 Å². The highest BCUT2D eigenvalue weighted by Crippen LogP contribution is 2.12. The summed E-state index contributed by atoms with van der Waals surface area (Å²) in [6.07, 6.45) is 31.4. The molecule has 0 aliphatic carbocycles. The summed E-state index contributed by atoms with van der Waals surface area (Å²) in [5.41, 5.74) is 1.52. The van der Waals surface area contributed by atoms with Gasteiger partial charge in [0.2, 0.25) is 0 Å². The lowest BCUT2D eigenvalue weighted by molar-refractivity contribution is -0.697. The standard InChI is InChI=1S/C27H50N/c1-3-5-7-9-11-12-13-14-15-16-18-20-24-28-25-21-23-27(26-28)22-19-17-10-8-6-4-2/h21,23,25-26H,3-20,22,24H2,1-2H3/q+1. The van der Waals surface area contributed by atoms with Crippen LogP contribution in [0.1, 0.15) is 135 Å². The largest absolute Gasteiger partial charge is 0.205 e. The minimum atomic E-state index is 1.20. The van der Waals surface area contributed by atoms with Gasteiger partial charge >= 0.3 is 0 Å². The molecule has 0 atom stereocenters. The summed E-state index contributed by atoms with van der Waals surface area (Å²) in [6, 6.07) is 4.55. The van der Waals surface area contributed by atoms with Crippen LogP contribution in [0.15, 0.2) is 24.5 Å². The minimum Gasteiger partial charge on any atom is -0.205 e. The quantitative estimate of drug-likeness (QED) is 0.155. The second-order valence-corrected chi connectivity index (χ2v) is 8.86. The van der Waals surface area contributed by atoms with Crippen molar-refractivity contribution in [1.29, 1.82) is 0 Å². The zero-order valence-corrected chi connectivity index (χ0v) is 19.4. The van der Waals surface area contributed by atoms with E-state index < -0.39 is 0 Å². The first-order valence-electron chi connectivity index (χ1n) is 12.8. The Morgan fingerprint density at radius 3 is 1.57 bits per heavy atom. The summed E-state index contributed by atoms with van der Waals surface area (Å²) in [7, 11) is 0. The van der Waals surface area contributed by atoms with Crippen molar-refractivity contribution >= 4 is 0 Å². The van der Waals surface area contributed by atoms with Gasteiger partial charge in [-0.1, -0.05) is 110 Å². The van der Waals surface area contributed by atoms with E-state index >= 15 is 0 Å². The molecule has 0 saturated carbocycles. The van der Waals surface area contributed by atoms with Crippen LogP contribution in [0.3, 0.4) is 0 Å². The molecule has 1 aromatic heterocycles. The van der Waals surface area contributed by atoms with Crippen molar-refractivity contribution in [1.82, 2.24) is 0 Å². The fourth-order valence-electron chi connectivity index (χ4n) is 4.11. The molecule has 0 saturated heterocycles. The number of pyridine rings is 1. The lowest BCUT2D eigenvalue weighted by atomic mass is 10.1. The Labute approximate surface area is 177 Å². The van der Waals surface area contributed by atoms with E-state index in [9.17, 15) is 0 Å². The van der Waals surface area contributed by atoms with Crippen LogP contribution < -0.4 is 4.57 Å². The van der Waals surface area contributed by atoms with Crippen molar-refractivity contribution in [2.45, 2.75) is 142 Å². The average molecular weight is 389 g/mol. The Bertz CT molecular complexity index is 440. The van der Waals surface area contributed by atoms with Crippen LogP contribution in [-0.4, -0.2) is 0 Å². The number of aryl methyl sites for hydroxylation is 2. The van der Waals surface area contributed by atoms with Crippen molar-refractivity contribution in [2.75, 3.05) is 0 Å². The van der Waals surface area contributed by atoms with E-state index in [0.29, 0.717) is 0 Å². The van der Waals surface area contributed by atoms with Crippen LogP contribution in [0.5, 0.6) is 0 Å². The van der Waals surface area contributed by atoms with Gasteiger partial charge in [0.1, 0.15) is 6.54 Å². The molecule has 0 aliphatic rings. The molecule has 0 aliphatic heterocycles. The predicted octanol–water partition coefficient (Wildman–Crippen LogP) is 8.58. The second-order valence-electron chi connectivity index (χ2n) is 8.86.